The molecule has 0 aliphatic heterocycles. The van der Waals surface area contributed by atoms with E-state index < -0.39 is 0 Å². The molecule has 0 bridgehead atoms. The van der Waals surface area contributed by atoms with Gasteiger partial charge in [0.2, 0.25) is 0 Å². The van der Waals surface area contributed by atoms with Gasteiger partial charge in [0.1, 0.15) is 0 Å². The predicted molar refractivity (Wildman–Crippen MR) is 92.6 cm³/mol. The van der Waals surface area contributed by atoms with E-state index in [1.807, 2.05) is 26.0 Å². The molecule has 8 heteroatoms. The number of aryl methyl sites for hydroxylation is 2. The number of aromatic nitrogens is 5. The van der Waals surface area contributed by atoms with Gasteiger partial charge in [-0.15, -0.1) is 0 Å². The summed E-state index contributed by atoms with van der Waals surface area (Å²) in [6.45, 7) is 4.06. The summed E-state index contributed by atoms with van der Waals surface area (Å²) in [6.07, 6.45) is 1.68. The van der Waals surface area contributed by atoms with Crippen LogP contribution in [0.4, 0.5) is 0 Å². The van der Waals surface area contributed by atoms with Gasteiger partial charge in [0.15, 0.2) is 5.65 Å². The highest BCUT2D eigenvalue weighted by atomic mass is 16.1. The largest absolute Gasteiger partial charge is 0.348 e. The Hall–Kier alpha value is -3.42. The quantitative estimate of drug-likeness (QED) is 0.526. The van der Waals surface area contributed by atoms with Crippen LogP contribution in [0.15, 0.2) is 35.3 Å². The molecule has 0 spiro atoms. The van der Waals surface area contributed by atoms with E-state index in [-0.39, 0.29) is 11.5 Å². The third-order valence-corrected chi connectivity index (χ3v) is 4.35. The molecule has 0 aliphatic carbocycles. The molecule has 1 aromatic carbocycles. The molecular weight excluding hydrogens is 320 g/mol. The third kappa shape index (κ3) is 2.47. The molecule has 0 saturated heterocycles. The zero-order chi connectivity index (χ0) is 17.6. The van der Waals surface area contributed by atoms with Gasteiger partial charge in [-0.25, -0.2) is 9.50 Å². The number of benzene rings is 1. The summed E-state index contributed by atoms with van der Waals surface area (Å²) in [5.74, 6) is -0.199. The first-order valence-corrected chi connectivity index (χ1v) is 7.83. The fourth-order valence-corrected chi connectivity index (χ4v) is 3.03. The SMILES string of the molecule is Cc1nc2cc(=O)[nH]n2c(C)c1CNC(=O)c1cccc2cn[nH]c12. The van der Waals surface area contributed by atoms with Crippen LogP contribution in [0, 0.1) is 13.8 Å². The maximum atomic E-state index is 12.6. The first kappa shape index (κ1) is 15.1. The summed E-state index contributed by atoms with van der Waals surface area (Å²) in [5.41, 5.74) is 4.08. The van der Waals surface area contributed by atoms with Gasteiger partial charge in [0.25, 0.3) is 11.5 Å². The fraction of sp³-hybridized carbons (Fsp3) is 0.176. The Morgan fingerprint density at radius 3 is 3.00 bits per heavy atom. The lowest BCUT2D eigenvalue weighted by molar-refractivity contribution is 0.0952. The van der Waals surface area contributed by atoms with Crippen LogP contribution < -0.4 is 10.9 Å². The van der Waals surface area contributed by atoms with Crippen LogP contribution in [0.2, 0.25) is 0 Å². The average molecular weight is 336 g/mol. The average Bonchev–Trinajstić information content (AvgIpc) is 3.20. The number of carbonyl (C=O) groups is 1. The van der Waals surface area contributed by atoms with Crippen LogP contribution in [0.3, 0.4) is 0 Å². The molecule has 0 aliphatic rings. The Kier molecular flexibility index (Phi) is 3.38. The second-order valence-corrected chi connectivity index (χ2v) is 5.90. The van der Waals surface area contributed by atoms with E-state index in [2.05, 4.69) is 25.6 Å². The number of aromatic amines is 2. The number of carbonyl (C=O) groups excluding carboxylic acids is 1. The highest BCUT2D eigenvalue weighted by molar-refractivity contribution is 6.05. The molecule has 4 aromatic rings. The van der Waals surface area contributed by atoms with Crippen molar-refractivity contribution in [3.8, 4) is 0 Å². The minimum Gasteiger partial charge on any atom is -0.348 e. The maximum absolute atomic E-state index is 12.6. The molecule has 25 heavy (non-hydrogen) atoms. The van der Waals surface area contributed by atoms with Crippen molar-refractivity contribution in [3.05, 3.63) is 63.3 Å². The number of para-hydroxylation sites is 1. The molecule has 3 aromatic heterocycles. The van der Waals surface area contributed by atoms with Gasteiger partial charge < -0.3 is 5.32 Å². The van der Waals surface area contributed by atoms with Crippen LogP contribution in [-0.2, 0) is 6.54 Å². The first-order chi connectivity index (χ1) is 12.0. The van der Waals surface area contributed by atoms with Crippen molar-refractivity contribution in [2.45, 2.75) is 20.4 Å². The number of fused-ring (bicyclic) bond motifs is 2. The van der Waals surface area contributed by atoms with Crippen molar-refractivity contribution in [2.75, 3.05) is 0 Å². The zero-order valence-corrected chi connectivity index (χ0v) is 13.8. The molecule has 0 radical (unpaired) electrons. The van der Waals surface area contributed by atoms with Gasteiger partial charge in [-0.3, -0.25) is 19.8 Å². The molecule has 4 rings (SSSR count). The van der Waals surface area contributed by atoms with Crippen molar-refractivity contribution in [1.82, 2.24) is 30.1 Å². The minimum atomic E-state index is -0.206. The highest BCUT2D eigenvalue weighted by Gasteiger charge is 2.14. The lowest BCUT2D eigenvalue weighted by atomic mass is 10.1. The molecule has 0 fully saturated rings. The third-order valence-electron chi connectivity index (χ3n) is 4.35. The van der Waals surface area contributed by atoms with E-state index in [0.717, 1.165) is 22.3 Å². The topological polar surface area (TPSA) is 108 Å². The van der Waals surface area contributed by atoms with E-state index in [1.165, 1.54) is 6.07 Å². The standard InChI is InChI=1S/C17H16N6O2/c1-9-13(10(2)23-14(20-9)6-15(24)22-23)8-18-17(25)12-5-3-4-11-7-19-21-16(11)12/h3-7H,8H2,1-2H3,(H,18,25)(H,19,21)(H,22,24). The summed E-state index contributed by atoms with van der Waals surface area (Å²) >= 11 is 0. The van der Waals surface area contributed by atoms with Crippen molar-refractivity contribution >= 4 is 22.5 Å². The normalized spacial score (nSPS) is 11.3. The number of nitrogens with one attached hydrogen (secondary N) is 3. The lowest BCUT2D eigenvalue weighted by Crippen LogP contribution is -2.25. The van der Waals surface area contributed by atoms with Crippen LogP contribution >= 0.6 is 0 Å². The van der Waals surface area contributed by atoms with E-state index in [0.29, 0.717) is 23.3 Å². The van der Waals surface area contributed by atoms with Crippen LogP contribution in [0.5, 0.6) is 0 Å². The molecule has 0 unspecified atom stereocenters. The van der Waals surface area contributed by atoms with Gasteiger partial charge in [0, 0.05) is 34.9 Å². The summed E-state index contributed by atoms with van der Waals surface area (Å²) < 4.78 is 1.63. The monoisotopic (exact) mass is 336 g/mol. The van der Waals surface area contributed by atoms with E-state index in [4.69, 9.17) is 0 Å². The maximum Gasteiger partial charge on any atom is 0.266 e. The predicted octanol–water partition coefficient (Wildman–Crippen LogP) is 1.45. The fourth-order valence-electron chi connectivity index (χ4n) is 3.03. The first-order valence-electron chi connectivity index (χ1n) is 7.83. The molecule has 1 amide bonds. The van der Waals surface area contributed by atoms with Crippen LogP contribution in [-0.4, -0.2) is 30.7 Å². The number of nitrogens with zero attached hydrogens (tertiary/aromatic N) is 3. The zero-order valence-electron chi connectivity index (χ0n) is 13.8. The van der Waals surface area contributed by atoms with Crippen molar-refractivity contribution < 1.29 is 4.79 Å². The molecular formula is C17H16N6O2. The van der Waals surface area contributed by atoms with Crippen LogP contribution in [0.1, 0.15) is 27.3 Å². The molecule has 0 saturated carbocycles. The van der Waals surface area contributed by atoms with Gasteiger partial charge in [-0.05, 0) is 19.9 Å². The number of H-pyrrole nitrogens is 2. The van der Waals surface area contributed by atoms with E-state index in [1.54, 1.807) is 16.8 Å². The van der Waals surface area contributed by atoms with Gasteiger partial charge in [-0.2, -0.15) is 5.10 Å². The summed E-state index contributed by atoms with van der Waals surface area (Å²) in [5, 5.41) is 13.3. The van der Waals surface area contributed by atoms with Gasteiger partial charge in [0.05, 0.1) is 17.3 Å². The Labute approximate surface area is 141 Å². The Bertz CT molecular complexity index is 1170. The summed E-state index contributed by atoms with van der Waals surface area (Å²) in [7, 11) is 0. The Morgan fingerprint density at radius 1 is 1.32 bits per heavy atom. The summed E-state index contributed by atoms with van der Waals surface area (Å²) in [4.78, 5) is 28.5. The van der Waals surface area contributed by atoms with Crippen LogP contribution in [0.25, 0.3) is 16.6 Å². The number of amides is 1. The van der Waals surface area contributed by atoms with Crippen molar-refractivity contribution in [3.63, 3.8) is 0 Å². The second kappa shape index (κ2) is 5.59. The molecule has 3 heterocycles. The number of hydrogen-bond acceptors (Lipinski definition) is 4. The lowest BCUT2D eigenvalue weighted by Gasteiger charge is -2.12. The van der Waals surface area contributed by atoms with Crippen molar-refractivity contribution in [2.24, 2.45) is 0 Å². The van der Waals surface area contributed by atoms with E-state index in [9.17, 15) is 9.59 Å². The number of hydrogen-bond donors (Lipinski definition) is 3. The van der Waals surface area contributed by atoms with E-state index >= 15 is 0 Å². The second-order valence-electron chi connectivity index (χ2n) is 5.90. The molecule has 8 nitrogen and oxygen atoms in total. The number of rotatable bonds is 3. The van der Waals surface area contributed by atoms with Crippen molar-refractivity contribution in [1.29, 1.82) is 0 Å². The summed E-state index contributed by atoms with van der Waals surface area (Å²) in [6, 6.07) is 6.91. The molecule has 0 atom stereocenters. The van der Waals surface area contributed by atoms with Gasteiger partial charge in [-0.1, -0.05) is 12.1 Å². The molecule has 3 N–H and O–H groups in total. The smallest absolute Gasteiger partial charge is 0.266 e. The Morgan fingerprint density at radius 2 is 2.16 bits per heavy atom. The molecule has 126 valence electrons. The van der Waals surface area contributed by atoms with Gasteiger partial charge >= 0.3 is 0 Å². The Balaban J connectivity index is 1.65. The highest BCUT2D eigenvalue weighted by Crippen LogP contribution is 2.17. The minimum absolute atomic E-state index is 0.199.